The minimum absolute atomic E-state index is 0.377. The number of hydrogen-bond donors (Lipinski definition) is 2. The van der Waals surface area contributed by atoms with Crippen molar-refractivity contribution in [2.45, 2.75) is 24.8 Å². The Morgan fingerprint density at radius 3 is 2.69 bits per heavy atom. The third-order valence-corrected chi connectivity index (χ3v) is 2.26. The molecule has 0 bridgehead atoms. The number of azide groups is 1. The van der Waals surface area contributed by atoms with Crippen LogP contribution in [-0.2, 0) is 4.74 Å². The molecule has 1 rings (SSSR count). The topological polar surface area (TPSA) is 98.5 Å². The summed E-state index contributed by atoms with van der Waals surface area (Å²) in [5.74, 6) is -0.377. The first-order valence-corrected chi connectivity index (χ1v) is 3.86. The highest BCUT2D eigenvalue weighted by atomic mass is 16.6. The normalized spacial score (nSPS) is 44.4. The van der Waals surface area contributed by atoms with Crippen molar-refractivity contribution >= 4 is 7.85 Å². The highest BCUT2D eigenvalue weighted by molar-refractivity contribution is 6.11. The highest BCUT2D eigenvalue weighted by Crippen LogP contribution is 2.34. The second-order valence-corrected chi connectivity index (χ2v) is 3.08. The highest BCUT2D eigenvalue weighted by Gasteiger charge is 2.50. The predicted molar refractivity (Wildman–Crippen MR) is 44.8 cm³/mol. The molecule has 0 saturated carbocycles. The maximum atomic E-state index is 9.58. The minimum Gasteiger partial charge on any atom is -0.393 e. The lowest BCUT2D eigenvalue weighted by Crippen LogP contribution is -2.42. The van der Waals surface area contributed by atoms with E-state index in [1.54, 1.807) is 6.92 Å². The van der Waals surface area contributed by atoms with E-state index in [-0.39, 0.29) is 5.92 Å². The van der Waals surface area contributed by atoms with Crippen molar-refractivity contribution in [2.75, 3.05) is 6.61 Å². The summed E-state index contributed by atoms with van der Waals surface area (Å²) in [4.78, 5) is 2.50. The minimum atomic E-state index is -1.62. The summed E-state index contributed by atoms with van der Waals surface area (Å²) in [5.41, 5.74) is 6.61. The lowest BCUT2D eigenvalue weighted by atomic mass is 9.85. The van der Waals surface area contributed by atoms with Crippen LogP contribution in [0.15, 0.2) is 5.11 Å². The van der Waals surface area contributed by atoms with Crippen LogP contribution >= 0.6 is 0 Å². The zero-order valence-corrected chi connectivity index (χ0v) is 7.16. The standard InChI is InChI=1S/C6H10BN3O3/c1-3-4(12)6(2-11,9-10-8)13-5(3)7/h3-5,11-12H,2H2,1H3/t3-,4?,5+,6+/m0/s1. The van der Waals surface area contributed by atoms with Crippen molar-refractivity contribution in [3.05, 3.63) is 10.4 Å². The van der Waals surface area contributed by atoms with Gasteiger partial charge in [0.2, 0.25) is 0 Å². The molecule has 70 valence electrons. The van der Waals surface area contributed by atoms with Gasteiger partial charge >= 0.3 is 0 Å². The largest absolute Gasteiger partial charge is 0.393 e. The van der Waals surface area contributed by atoms with Crippen molar-refractivity contribution < 1.29 is 14.9 Å². The average molecular weight is 183 g/mol. The molecule has 1 aliphatic heterocycles. The molecule has 1 saturated heterocycles. The molecule has 0 spiro atoms. The molecule has 0 amide bonds. The number of aliphatic hydroxyl groups excluding tert-OH is 2. The summed E-state index contributed by atoms with van der Waals surface area (Å²) in [5, 5.41) is 21.8. The van der Waals surface area contributed by atoms with Crippen molar-refractivity contribution in [3.63, 3.8) is 0 Å². The van der Waals surface area contributed by atoms with Crippen LogP contribution < -0.4 is 0 Å². The quantitative estimate of drug-likeness (QED) is 0.261. The van der Waals surface area contributed by atoms with E-state index in [2.05, 4.69) is 10.0 Å². The first kappa shape index (κ1) is 10.3. The average Bonchev–Trinajstić information content (AvgIpc) is 2.32. The Morgan fingerprint density at radius 2 is 2.38 bits per heavy atom. The third kappa shape index (κ3) is 1.51. The fourth-order valence-corrected chi connectivity index (χ4v) is 1.32. The van der Waals surface area contributed by atoms with Gasteiger partial charge in [0.25, 0.3) is 0 Å². The Hall–Kier alpha value is -0.745. The molecule has 2 radical (unpaired) electrons. The smallest absolute Gasteiger partial charge is 0.195 e. The summed E-state index contributed by atoms with van der Waals surface area (Å²) in [7, 11) is 5.47. The van der Waals surface area contributed by atoms with E-state index >= 15 is 0 Å². The second kappa shape index (κ2) is 3.55. The molecule has 0 aromatic rings. The van der Waals surface area contributed by atoms with E-state index in [9.17, 15) is 5.11 Å². The van der Waals surface area contributed by atoms with Gasteiger partial charge in [-0.2, -0.15) is 0 Å². The fraction of sp³-hybridized carbons (Fsp3) is 1.00. The molecule has 0 aliphatic carbocycles. The van der Waals surface area contributed by atoms with Crippen LogP contribution in [0.5, 0.6) is 0 Å². The molecule has 1 aliphatic rings. The Balaban J connectivity index is 2.95. The van der Waals surface area contributed by atoms with E-state index in [0.29, 0.717) is 0 Å². The second-order valence-electron chi connectivity index (χ2n) is 3.08. The van der Waals surface area contributed by atoms with E-state index in [4.69, 9.17) is 23.2 Å². The van der Waals surface area contributed by atoms with Gasteiger partial charge in [-0.3, -0.25) is 0 Å². The van der Waals surface area contributed by atoms with E-state index in [1.807, 2.05) is 0 Å². The number of hydrogen-bond acceptors (Lipinski definition) is 4. The molecule has 7 heteroatoms. The van der Waals surface area contributed by atoms with Crippen LogP contribution in [-0.4, -0.2) is 42.5 Å². The maximum Gasteiger partial charge on any atom is 0.195 e. The lowest BCUT2D eigenvalue weighted by Gasteiger charge is -2.24. The molecule has 0 aromatic heterocycles. The van der Waals surface area contributed by atoms with Gasteiger partial charge in [-0.05, 0) is 5.53 Å². The Morgan fingerprint density at radius 1 is 1.77 bits per heavy atom. The molecule has 6 nitrogen and oxygen atoms in total. The first-order chi connectivity index (χ1) is 6.07. The summed E-state index contributed by atoms with van der Waals surface area (Å²) in [6.07, 6.45) is -1.08. The monoisotopic (exact) mass is 183 g/mol. The SMILES string of the molecule is [B][C@@H]1O[C@@](CO)(N=[N+]=[N-])C(O)[C@@H]1C. The Bertz CT molecular complexity index is 245. The van der Waals surface area contributed by atoms with Gasteiger partial charge in [-0.1, -0.05) is 12.0 Å². The lowest BCUT2D eigenvalue weighted by molar-refractivity contribution is -0.0930. The summed E-state index contributed by atoms with van der Waals surface area (Å²) in [6.45, 7) is 1.07. The van der Waals surface area contributed by atoms with E-state index < -0.39 is 24.4 Å². The molecule has 13 heavy (non-hydrogen) atoms. The van der Waals surface area contributed by atoms with E-state index in [1.165, 1.54) is 0 Å². The van der Waals surface area contributed by atoms with Crippen LogP contribution in [0.1, 0.15) is 6.92 Å². The summed E-state index contributed by atoms with van der Waals surface area (Å²) < 4.78 is 5.02. The van der Waals surface area contributed by atoms with E-state index in [0.717, 1.165) is 0 Å². The molecule has 4 atom stereocenters. The number of ether oxygens (including phenoxy) is 1. The van der Waals surface area contributed by atoms with Gasteiger partial charge in [-0.15, -0.1) is 0 Å². The van der Waals surface area contributed by atoms with Crippen molar-refractivity contribution in [3.8, 4) is 0 Å². The van der Waals surface area contributed by atoms with Gasteiger partial charge in [-0.25, -0.2) is 0 Å². The van der Waals surface area contributed by atoms with Gasteiger partial charge in [0, 0.05) is 16.8 Å². The van der Waals surface area contributed by atoms with Gasteiger partial charge in [0.05, 0.1) is 12.7 Å². The molecule has 1 unspecified atom stereocenters. The third-order valence-electron chi connectivity index (χ3n) is 2.26. The van der Waals surface area contributed by atoms with Gasteiger partial charge < -0.3 is 14.9 Å². The summed E-state index contributed by atoms with van der Waals surface area (Å²) >= 11 is 0. The summed E-state index contributed by atoms with van der Waals surface area (Å²) in [6, 6.07) is -0.729. The van der Waals surface area contributed by atoms with Crippen molar-refractivity contribution in [2.24, 2.45) is 11.0 Å². The predicted octanol–water partition coefficient (Wildman–Crippen LogP) is -0.493. The van der Waals surface area contributed by atoms with Crippen LogP contribution in [0.3, 0.4) is 0 Å². The van der Waals surface area contributed by atoms with Gasteiger partial charge in [0.1, 0.15) is 7.85 Å². The van der Waals surface area contributed by atoms with Crippen LogP contribution in [0.2, 0.25) is 0 Å². The number of rotatable bonds is 2. The zero-order chi connectivity index (χ0) is 10.1. The van der Waals surface area contributed by atoms with Crippen molar-refractivity contribution in [1.29, 1.82) is 0 Å². The zero-order valence-electron chi connectivity index (χ0n) is 7.16. The van der Waals surface area contributed by atoms with Crippen LogP contribution in [0, 0.1) is 5.92 Å². The molecule has 1 fully saturated rings. The fourth-order valence-electron chi connectivity index (χ4n) is 1.32. The first-order valence-electron chi connectivity index (χ1n) is 3.86. The Kier molecular flexibility index (Phi) is 2.82. The van der Waals surface area contributed by atoms with Crippen molar-refractivity contribution in [1.82, 2.24) is 0 Å². The van der Waals surface area contributed by atoms with Crippen LogP contribution in [0.4, 0.5) is 0 Å². The van der Waals surface area contributed by atoms with Crippen LogP contribution in [0.25, 0.3) is 10.4 Å². The number of nitrogens with zero attached hydrogens (tertiary/aromatic N) is 3. The molecular formula is C6H10BN3O3. The Labute approximate surface area is 76.5 Å². The maximum absolute atomic E-state index is 9.58. The number of aliphatic hydroxyl groups is 2. The van der Waals surface area contributed by atoms with Gasteiger partial charge in [0.15, 0.2) is 5.72 Å². The molecule has 0 aromatic carbocycles. The molecule has 2 N–H and O–H groups in total. The molecular weight excluding hydrogens is 173 g/mol. The molecule has 1 heterocycles.